The molecule has 0 aliphatic carbocycles. The molecule has 0 aliphatic rings. The van der Waals surface area contributed by atoms with Crippen molar-refractivity contribution < 1.29 is 29.2 Å². The van der Waals surface area contributed by atoms with Crippen molar-refractivity contribution in [3.63, 3.8) is 0 Å². The highest BCUT2D eigenvalue weighted by Gasteiger charge is 2.25. The lowest BCUT2D eigenvalue weighted by atomic mass is 10.0. The van der Waals surface area contributed by atoms with Gasteiger partial charge in [0.1, 0.15) is 5.75 Å². The lowest BCUT2D eigenvalue weighted by Crippen LogP contribution is -2.33. The molecule has 0 saturated heterocycles. The molecule has 2 aromatic carbocycles. The molecule has 0 spiro atoms. The van der Waals surface area contributed by atoms with Crippen LogP contribution in [0.25, 0.3) is 0 Å². The number of nitrogens with zero attached hydrogens (tertiary/aromatic N) is 1. The van der Waals surface area contributed by atoms with Gasteiger partial charge in [-0.05, 0) is 49.4 Å². The number of benzene rings is 2. The molecular formula is C21H28NO6P. The third-order valence-electron chi connectivity index (χ3n) is 4.86. The van der Waals surface area contributed by atoms with Crippen molar-refractivity contribution in [3.8, 4) is 5.75 Å². The number of aliphatic hydroxyl groups excluding tert-OH is 1. The SMILES string of the molecule is COc1ccc(CP(=O)(O)CC(O)CN(C)C(C)c2cccc(C(=O)O)c2)cc1. The van der Waals surface area contributed by atoms with E-state index in [-0.39, 0.29) is 30.5 Å². The van der Waals surface area contributed by atoms with Crippen LogP contribution >= 0.6 is 7.37 Å². The predicted octanol–water partition coefficient (Wildman–Crippen LogP) is 3.22. The Balaban J connectivity index is 1.95. The number of likely N-dealkylation sites (N-methyl/N-ethyl adjacent to an activating group) is 1. The molecule has 0 aromatic heterocycles. The second kappa shape index (κ2) is 10.0. The van der Waals surface area contributed by atoms with Crippen LogP contribution in [-0.4, -0.2) is 58.9 Å². The molecule has 0 fully saturated rings. The van der Waals surface area contributed by atoms with Crippen LogP contribution in [-0.2, 0) is 10.7 Å². The zero-order chi connectivity index (χ0) is 21.6. The van der Waals surface area contributed by atoms with Crippen molar-refractivity contribution >= 4 is 13.3 Å². The van der Waals surface area contributed by atoms with Crippen molar-refractivity contribution in [2.75, 3.05) is 26.9 Å². The number of carboxylic acid groups (broad SMARTS) is 1. The van der Waals surface area contributed by atoms with Crippen LogP contribution in [0, 0.1) is 0 Å². The standard InChI is InChI=1S/C21H28NO6P/c1-15(17-5-4-6-18(11-17)21(24)25)22(2)12-19(23)14-29(26,27)13-16-7-9-20(28-3)10-8-16/h4-11,15,19,23H,12-14H2,1-3H3,(H,24,25)(H,26,27). The van der Waals surface area contributed by atoms with Gasteiger partial charge in [0.15, 0.2) is 0 Å². The number of carbonyl (C=O) groups is 1. The zero-order valence-electron chi connectivity index (χ0n) is 16.9. The van der Waals surface area contributed by atoms with Gasteiger partial charge in [0.05, 0.1) is 24.9 Å². The summed E-state index contributed by atoms with van der Waals surface area (Å²) in [5, 5.41) is 19.5. The van der Waals surface area contributed by atoms with Gasteiger partial charge in [0.2, 0.25) is 7.37 Å². The van der Waals surface area contributed by atoms with Gasteiger partial charge in [-0.1, -0.05) is 24.3 Å². The largest absolute Gasteiger partial charge is 0.497 e. The van der Waals surface area contributed by atoms with Gasteiger partial charge >= 0.3 is 5.97 Å². The van der Waals surface area contributed by atoms with Crippen LogP contribution in [0.1, 0.15) is 34.5 Å². The van der Waals surface area contributed by atoms with Gasteiger partial charge in [0, 0.05) is 18.7 Å². The summed E-state index contributed by atoms with van der Waals surface area (Å²) in [6.07, 6.45) is -1.22. The summed E-state index contributed by atoms with van der Waals surface area (Å²) in [6.45, 7) is 2.08. The van der Waals surface area contributed by atoms with Crippen LogP contribution in [0.5, 0.6) is 5.75 Å². The molecule has 0 saturated carbocycles. The molecule has 8 heteroatoms. The highest BCUT2D eigenvalue weighted by atomic mass is 31.2. The molecule has 7 nitrogen and oxygen atoms in total. The minimum Gasteiger partial charge on any atom is -0.497 e. The summed E-state index contributed by atoms with van der Waals surface area (Å²) >= 11 is 0. The quantitative estimate of drug-likeness (QED) is 0.506. The van der Waals surface area contributed by atoms with Crippen LogP contribution in [0.4, 0.5) is 0 Å². The molecular weight excluding hydrogens is 393 g/mol. The molecule has 3 unspecified atom stereocenters. The van der Waals surface area contributed by atoms with Gasteiger partial charge < -0.3 is 19.8 Å². The third kappa shape index (κ3) is 6.98. The second-order valence-electron chi connectivity index (χ2n) is 7.24. The van der Waals surface area contributed by atoms with E-state index in [2.05, 4.69) is 0 Å². The third-order valence-corrected chi connectivity index (χ3v) is 6.71. The Kier molecular flexibility index (Phi) is 7.99. The van der Waals surface area contributed by atoms with Crippen molar-refractivity contribution in [3.05, 3.63) is 65.2 Å². The van der Waals surface area contributed by atoms with Gasteiger partial charge in [-0.3, -0.25) is 9.46 Å². The van der Waals surface area contributed by atoms with Gasteiger partial charge in [-0.2, -0.15) is 0 Å². The van der Waals surface area contributed by atoms with Crippen LogP contribution < -0.4 is 4.74 Å². The number of hydrogen-bond donors (Lipinski definition) is 3. The Bertz CT molecular complexity index is 870. The van der Waals surface area contributed by atoms with Crippen LogP contribution in [0.3, 0.4) is 0 Å². The molecule has 29 heavy (non-hydrogen) atoms. The maximum absolute atomic E-state index is 12.6. The number of aromatic carboxylic acids is 1. The molecule has 0 radical (unpaired) electrons. The monoisotopic (exact) mass is 421 g/mol. The molecule has 0 aliphatic heterocycles. The molecule has 2 aromatic rings. The van der Waals surface area contributed by atoms with E-state index >= 15 is 0 Å². The van der Waals surface area contributed by atoms with E-state index in [0.29, 0.717) is 11.3 Å². The smallest absolute Gasteiger partial charge is 0.335 e. The summed E-state index contributed by atoms with van der Waals surface area (Å²) in [5.74, 6) is -0.328. The Morgan fingerprint density at radius 3 is 2.45 bits per heavy atom. The second-order valence-corrected chi connectivity index (χ2v) is 9.61. The fraction of sp³-hybridized carbons (Fsp3) is 0.381. The first kappa shape index (κ1) is 23.1. The zero-order valence-corrected chi connectivity index (χ0v) is 17.8. The fourth-order valence-electron chi connectivity index (χ4n) is 3.14. The first-order chi connectivity index (χ1) is 13.6. The topological polar surface area (TPSA) is 107 Å². The molecule has 2 rings (SSSR count). The van der Waals surface area contributed by atoms with E-state index in [1.165, 1.54) is 6.07 Å². The van der Waals surface area contributed by atoms with E-state index in [0.717, 1.165) is 5.56 Å². The minimum absolute atomic E-state index is 0.0199. The van der Waals surface area contributed by atoms with Crippen LogP contribution in [0.15, 0.2) is 48.5 Å². The molecule has 3 atom stereocenters. The molecule has 0 bridgehead atoms. The number of ether oxygens (including phenoxy) is 1. The van der Waals surface area contributed by atoms with Gasteiger partial charge in [-0.25, -0.2) is 4.79 Å². The number of hydrogen-bond acceptors (Lipinski definition) is 5. The summed E-state index contributed by atoms with van der Waals surface area (Å²) < 4.78 is 17.6. The maximum Gasteiger partial charge on any atom is 0.335 e. The highest BCUT2D eigenvalue weighted by molar-refractivity contribution is 7.57. The average molecular weight is 421 g/mol. The van der Waals surface area contributed by atoms with Crippen molar-refractivity contribution in [1.29, 1.82) is 0 Å². The number of methoxy groups -OCH3 is 1. The van der Waals surface area contributed by atoms with E-state index in [1.54, 1.807) is 50.6 Å². The Morgan fingerprint density at radius 2 is 1.86 bits per heavy atom. The molecule has 158 valence electrons. The molecule has 0 heterocycles. The van der Waals surface area contributed by atoms with E-state index in [1.807, 2.05) is 17.9 Å². The number of aliphatic hydroxyl groups is 1. The fourth-order valence-corrected chi connectivity index (χ4v) is 4.83. The first-order valence-corrected chi connectivity index (χ1v) is 11.3. The Labute approximate surface area is 171 Å². The minimum atomic E-state index is -3.57. The highest BCUT2D eigenvalue weighted by Crippen LogP contribution is 2.45. The summed E-state index contributed by atoms with van der Waals surface area (Å²) in [6, 6.07) is 13.4. The molecule has 3 N–H and O–H groups in total. The molecule has 0 amide bonds. The normalized spacial score (nSPS) is 15.5. The summed E-state index contributed by atoms with van der Waals surface area (Å²) in [7, 11) is -0.231. The number of carboxylic acids is 1. The average Bonchev–Trinajstić information content (AvgIpc) is 2.67. The van der Waals surface area contributed by atoms with Gasteiger partial charge in [-0.15, -0.1) is 0 Å². The first-order valence-electron chi connectivity index (χ1n) is 9.26. The summed E-state index contributed by atoms with van der Waals surface area (Å²) in [5.41, 5.74) is 1.70. The van der Waals surface area contributed by atoms with E-state index in [9.17, 15) is 19.4 Å². The van der Waals surface area contributed by atoms with Crippen molar-refractivity contribution in [1.82, 2.24) is 4.90 Å². The lowest BCUT2D eigenvalue weighted by Gasteiger charge is -2.28. The van der Waals surface area contributed by atoms with Crippen LogP contribution in [0.2, 0.25) is 0 Å². The van der Waals surface area contributed by atoms with Gasteiger partial charge in [0.25, 0.3) is 0 Å². The lowest BCUT2D eigenvalue weighted by molar-refractivity contribution is 0.0696. The predicted molar refractivity (Wildman–Crippen MR) is 112 cm³/mol. The van der Waals surface area contributed by atoms with E-state index < -0.39 is 19.4 Å². The summed E-state index contributed by atoms with van der Waals surface area (Å²) in [4.78, 5) is 23.3. The van der Waals surface area contributed by atoms with Crippen molar-refractivity contribution in [2.24, 2.45) is 0 Å². The van der Waals surface area contributed by atoms with Crippen molar-refractivity contribution in [2.45, 2.75) is 25.2 Å². The Hall–Kier alpha value is -2.18. The maximum atomic E-state index is 12.6. The number of rotatable bonds is 10. The Morgan fingerprint density at radius 1 is 1.21 bits per heavy atom. The van der Waals surface area contributed by atoms with E-state index in [4.69, 9.17) is 9.84 Å².